The van der Waals surface area contributed by atoms with Crippen LogP contribution in [-0.4, -0.2) is 4.98 Å². The van der Waals surface area contributed by atoms with Crippen molar-refractivity contribution in [1.82, 2.24) is 4.98 Å². The van der Waals surface area contributed by atoms with Gasteiger partial charge in [-0.3, -0.25) is 0 Å². The maximum atomic E-state index is 5.64. The van der Waals surface area contributed by atoms with Crippen molar-refractivity contribution in [1.29, 1.82) is 0 Å². The van der Waals surface area contributed by atoms with E-state index in [1.807, 2.05) is 5.38 Å². The Labute approximate surface area is 100 Å². The fourth-order valence-electron chi connectivity index (χ4n) is 1.66. The fourth-order valence-corrected chi connectivity index (χ4v) is 2.23. The summed E-state index contributed by atoms with van der Waals surface area (Å²) in [4.78, 5) is 4.29. The van der Waals surface area contributed by atoms with Crippen molar-refractivity contribution < 1.29 is 0 Å². The molecule has 16 heavy (non-hydrogen) atoms. The molecule has 2 N–H and O–H groups in total. The minimum Gasteiger partial charge on any atom is -0.375 e. The predicted molar refractivity (Wildman–Crippen MR) is 71.1 cm³/mol. The van der Waals surface area contributed by atoms with Gasteiger partial charge in [-0.15, -0.1) is 11.3 Å². The van der Waals surface area contributed by atoms with E-state index >= 15 is 0 Å². The molecule has 0 aromatic carbocycles. The highest BCUT2D eigenvalue weighted by molar-refractivity contribution is 7.13. The molecule has 1 unspecified atom stereocenters. The van der Waals surface area contributed by atoms with Gasteiger partial charge in [-0.25, -0.2) is 4.98 Å². The maximum absolute atomic E-state index is 5.64. The van der Waals surface area contributed by atoms with E-state index in [0.717, 1.165) is 11.3 Å². The molecule has 0 saturated heterocycles. The van der Waals surface area contributed by atoms with Gasteiger partial charge in [0.2, 0.25) is 0 Å². The van der Waals surface area contributed by atoms with Crippen LogP contribution in [0.4, 0.5) is 5.13 Å². The Hall–Kier alpha value is -1.35. The van der Waals surface area contributed by atoms with Crippen LogP contribution in [0, 0.1) is 11.8 Å². The first-order valence-corrected chi connectivity index (χ1v) is 6.33. The number of anilines is 1. The Kier molecular flexibility index (Phi) is 3.25. The molecule has 84 valence electrons. The van der Waals surface area contributed by atoms with Crippen molar-refractivity contribution >= 4 is 22.0 Å². The molecule has 0 aliphatic heterocycles. The molecular formula is C13H16N2S. The number of hydrogen-bond acceptors (Lipinski definition) is 3. The molecule has 0 amide bonds. The predicted octanol–water partition coefficient (Wildman–Crippen LogP) is 3.51. The molecule has 2 nitrogen and oxygen atoms in total. The van der Waals surface area contributed by atoms with Crippen LogP contribution in [0.1, 0.15) is 19.5 Å². The molecule has 1 heterocycles. The van der Waals surface area contributed by atoms with Crippen molar-refractivity contribution in [2.24, 2.45) is 11.8 Å². The average molecular weight is 232 g/mol. The Bertz CT molecular complexity index is 452. The fraction of sp³-hybridized carbons (Fsp3) is 0.308. The van der Waals surface area contributed by atoms with E-state index in [1.165, 1.54) is 11.3 Å². The average Bonchev–Trinajstić information content (AvgIpc) is 2.54. The zero-order valence-corrected chi connectivity index (χ0v) is 10.4. The van der Waals surface area contributed by atoms with Crippen LogP contribution in [0.5, 0.6) is 0 Å². The van der Waals surface area contributed by atoms with E-state index in [1.54, 1.807) is 0 Å². The number of allylic oxidation sites excluding steroid dienone is 6. The monoisotopic (exact) mass is 232 g/mol. The highest BCUT2D eigenvalue weighted by Gasteiger charge is 2.09. The van der Waals surface area contributed by atoms with Gasteiger partial charge < -0.3 is 5.73 Å². The third kappa shape index (κ3) is 2.42. The van der Waals surface area contributed by atoms with Crippen LogP contribution < -0.4 is 5.73 Å². The lowest BCUT2D eigenvalue weighted by Crippen LogP contribution is -2.00. The van der Waals surface area contributed by atoms with Crippen LogP contribution in [0.25, 0.3) is 5.57 Å². The molecule has 0 bridgehead atoms. The van der Waals surface area contributed by atoms with Gasteiger partial charge in [0.25, 0.3) is 0 Å². The number of thiazole rings is 1. The molecule has 1 aliphatic rings. The molecule has 0 saturated carbocycles. The molecule has 1 atom stereocenters. The van der Waals surface area contributed by atoms with E-state index in [9.17, 15) is 0 Å². The quantitative estimate of drug-likeness (QED) is 0.847. The summed E-state index contributed by atoms with van der Waals surface area (Å²) in [5.41, 5.74) is 7.74. The molecule has 3 heteroatoms. The van der Waals surface area contributed by atoms with Crippen LogP contribution in [0.3, 0.4) is 0 Å². The summed E-state index contributed by atoms with van der Waals surface area (Å²) in [5.74, 6) is 1.13. The van der Waals surface area contributed by atoms with Gasteiger partial charge in [-0.05, 0) is 11.8 Å². The number of nitrogens with zero attached hydrogens (tertiary/aromatic N) is 1. The summed E-state index contributed by atoms with van der Waals surface area (Å²) in [6.45, 7) is 4.45. The smallest absolute Gasteiger partial charge is 0.180 e. The van der Waals surface area contributed by atoms with Gasteiger partial charge in [0.15, 0.2) is 5.13 Å². The summed E-state index contributed by atoms with van der Waals surface area (Å²) in [6.07, 6.45) is 10.8. The van der Waals surface area contributed by atoms with Crippen molar-refractivity contribution in [3.05, 3.63) is 41.5 Å². The Morgan fingerprint density at radius 1 is 1.38 bits per heavy atom. The first-order chi connectivity index (χ1) is 7.66. The third-order valence-corrected chi connectivity index (χ3v) is 3.37. The molecule has 0 spiro atoms. The van der Waals surface area contributed by atoms with Gasteiger partial charge in [-0.2, -0.15) is 0 Å². The first kappa shape index (κ1) is 11.1. The lowest BCUT2D eigenvalue weighted by Gasteiger charge is -2.10. The highest BCUT2D eigenvalue weighted by Crippen LogP contribution is 2.25. The summed E-state index contributed by atoms with van der Waals surface area (Å²) in [7, 11) is 0. The second-order valence-corrected chi connectivity index (χ2v) is 5.15. The van der Waals surface area contributed by atoms with Crippen LogP contribution in [-0.2, 0) is 0 Å². The minimum atomic E-state index is 0.504. The van der Waals surface area contributed by atoms with Crippen LogP contribution in [0.2, 0.25) is 0 Å². The number of nitrogen functional groups attached to an aromatic ring is 1. The lowest BCUT2D eigenvalue weighted by atomic mass is 9.95. The zero-order valence-electron chi connectivity index (χ0n) is 9.55. The standard InChI is InChI=1S/C13H16N2S/c1-9(2)10-4-3-5-11(7-6-10)12-8-16-13(14)15-12/h3-10H,1-2H3,(H2,14,15). The van der Waals surface area contributed by atoms with E-state index in [4.69, 9.17) is 5.73 Å². The van der Waals surface area contributed by atoms with Gasteiger partial charge >= 0.3 is 0 Å². The second kappa shape index (κ2) is 4.66. The van der Waals surface area contributed by atoms with Gasteiger partial charge in [0.1, 0.15) is 0 Å². The number of aromatic nitrogens is 1. The van der Waals surface area contributed by atoms with E-state index < -0.39 is 0 Å². The molecule has 1 aliphatic carbocycles. The van der Waals surface area contributed by atoms with Crippen molar-refractivity contribution in [3.63, 3.8) is 0 Å². The van der Waals surface area contributed by atoms with E-state index in [-0.39, 0.29) is 0 Å². The largest absolute Gasteiger partial charge is 0.375 e. The number of hydrogen-bond donors (Lipinski definition) is 1. The maximum Gasteiger partial charge on any atom is 0.180 e. The van der Waals surface area contributed by atoms with Gasteiger partial charge in [-0.1, -0.05) is 44.2 Å². The third-order valence-electron chi connectivity index (χ3n) is 2.69. The SMILES string of the molecule is CC(C)C1C=CC=C(c2csc(N)n2)C=C1. The topological polar surface area (TPSA) is 38.9 Å². The second-order valence-electron chi connectivity index (χ2n) is 4.26. The lowest BCUT2D eigenvalue weighted by molar-refractivity contribution is 0.551. The Morgan fingerprint density at radius 2 is 2.19 bits per heavy atom. The summed E-state index contributed by atoms with van der Waals surface area (Å²) in [5, 5.41) is 2.62. The minimum absolute atomic E-state index is 0.504. The van der Waals surface area contributed by atoms with Gasteiger partial charge in [0, 0.05) is 11.0 Å². The van der Waals surface area contributed by atoms with Crippen LogP contribution in [0.15, 0.2) is 35.8 Å². The summed E-state index contributed by atoms with van der Waals surface area (Å²) < 4.78 is 0. The molecule has 1 aromatic heterocycles. The summed E-state index contributed by atoms with van der Waals surface area (Å²) >= 11 is 1.48. The number of rotatable bonds is 2. The Morgan fingerprint density at radius 3 is 2.81 bits per heavy atom. The highest BCUT2D eigenvalue weighted by atomic mass is 32.1. The van der Waals surface area contributed by atoms with E-state index in [2.05, 4.69) is 49.2 Å². The van der Waals surface area contributed by atoms with Crippen LogP contribution >= 0.6 is 11.3 Å². The van der Waals surface area contributed by atoms with E-state index in [0.29, 0.717) is 17.0 Å². The molecule has 2 rings (SSSR count). The van der Waals surface area contributed by atoms with Crippen molar-refractivity contribution in [2.45, 2.75) is 13.8 Å². The normalized spacial score (nSPS) is 19.9. The van der Waals surface area contributed by atoms with Gasteiger partial charge in [0.05, 0.1) is 5.69 Å². The molecule has 0 radical (unpaired) electrons. The zero-order chi connectivity index (χ0) is 11.5. The van der Waals surface area contributed by atoms with Crippen molar-refractivity contribution in [2.75, 3.05) is 5.73 Å². The molecule has 0 fully saturated rings. The number of nitrogens with two attached hydrogens (primary N) is 1. The first-order valence-electron chi connectivity index (χ1n) is 5.45. The molecular weight excluding hydrogens is 216 g/mol. The summed E-state index contributed by atoms with van der Waals surface area (Å²) in [6, 6.07) is 0. The Balaban J connectivity index is 2.23. The molecule has 1 aromatic rings. The van der Waals surface area contributed by atoms with Crippen molar-refractivity contribution in [3.8, 4) is 0 Å².